The van der Waals surface area contributed by atoms with E-state index in [0.717, 1.165) is 24.8 Å². The maximum absolute atomic E-state index is 11.4. The van der Waals surface area contributed by atoms with E-state index in [4.69, 9.17) is 9.47 Å². The molecule has 0 amide bonds. The van der Waals surface area contributed by atoms with Crippen molar-refractivity contribution in [2.24, 2.45) is 17.8 Å². The molecule has 6 heteroatoms. The molecule has 1 aliphatic carbocycles. The molecule has 0 aromatic heterocycles. The highest BCUT2D eigenvalue weighted by molar-refractivity contribution is 5.69. The van der Waals surface area contributed by atoms with Crippen LogP contribution >= 0.6 is 0 Å². The molecule has 3 rings (SSSR count). The fourth-order valence-electron chi connectivity index (χ4n) is 4.73. The molecule has 1 aromatic carbocycles. The highest BCUT2D eigenvalue weighted by atomic mass is 16.5. The lowest BCUT2D eigenvalue weighted by Crippen LogP contribution is -2.22. The molecule has 1 aromatic rings. The van der Waals surface area contributed by atoms with E-state index in [9.17, 15) is 20.1 Å². The molecule has 32 heavy (non-hydrogen) atoms. The summed E-state index contributed by atoms with van der Waals surface area (Å²) < 4.78 is 11.7. The van der Waals surface area contributed by atoms with Crippen molar-refractivity contribution in [3.8, 4) is 5.75 Å². The first kappa shape index (κ1) is 24.5. The number of rotatable bonds is 11. The van der Waals surface area contributed by atoms with Crippen molar-refractivity contribution in [1.82, 2.24) is 0 Å². The Balaban J connectivity index is 1.53. The monoisotopic (exact) mass is 444 g/mol. The molecule has 6 nitrogen and oxygen atoms in total. The smallest absolute Gasteiger partial charge is 0.306 e. The number of aliphatic hydroxyl groups is 2. The minimum Gasteiger partial charge on any atom is -0.491 e. The minimum atomic E-state index is -0.759. The van der Waals surface area contributed by atoms with Crippen molar-refractivity contribution in [3.05, 3.63) is 54.1 Å². The number of hydrogen-bond donors (Lipinski definition) is 3. The molecule has 176 valence electrons. The zero-order valence-corrected chi connectivity index (χ0v) is 18.8. The van der Waals surface area contributed by atoms with Gasteiger partial charge in [-0.05, 0) is 49.3 Å². The molecule has 0 saturated heterocycles. The topological polar surface area (TPSA) is 96.2 Å². The van der Waals surface area contributed by atoms with Crippen LogP contribution in [0.2, 0.25) is 0 Å². The average molecular weight is 445 g/mol. The molecule has 3 N–H and O–H groups in total. The Morgan fingerprint density at radius 1 is 1.28 bits per heavy atom. The molecule has 1 aliphatic heterocycles. The molecule has 1 saturated carbocycles. The number of allylic oxidation sites excluding steroid dienone is 1. The molecule has 2 aliphatic rings. The van der Waals surface area contributed by atoms with Crippen LogP contribution in [0.3, 0.4) is 0 Å². The van der Waals surface area contributed by atoms with Crippen molar-refractivity contribution in [2.75, 3.05) is 13.2 Å². The second-order valence-electron chi connectivity index (χ2n) is 8.93. The van der Waals surface area contributed by atoms with Crippen LogP contribution < -0.4 is 4.74 Å². The number of benzene rings is 1. The number of hydrogen-bond acceptors (Lipinski definition) is 5. The second kappa shape index (κ2) is 12.2. The number of carboxylic acid groups (broad SMARTS) is 1. The third-order valence-corrected chi connectivity index (χ3v) is 6.57. The van der Waals surface area contributed by atoms with Crippen LogP contribution in [-0.4, -0.2) is 52.8 Å². The van der Waals surface area contributed by atoms with Gasteiger partial charge in [-0.3, -0.25) is 4.79 Å². The number of fused-ring (bicyclic) bond motifs is 1. The Labute approximate surface area is 190 Å². The van der Waals surface area contributed by atoms with E-state index < -0.39 is 18.2 Å². The van der Waals surface area contributed by atoms with Crippen LogP contribution in [0.1, 0.15) is 45.4 Å². The van der Waals surface area contributed by atoms with E-state index in [1.165, 1.54) is 0 Å². The van der Waals surface area contributed by atoms with E-state index >= 15 is 0 Å². The number of aliphatic carboxylic acids is 1. The zero-order valence-electron chi connectivity index (χ0n) is 18.8. The fourth-order valence-corrected chi connectivity index (χ4v) is 4.73. The quantitative estimate of drug-likeness (QED) is 0.447. The summed E-state index contributed by atoms with van der Waals surface area (Å²) in [5, 5.41) is 30.2. The van der Waals surface area contributed by atoms with E-state index in [1.807, 2.05) is 43.3 Å². The van der Waals surface area contributed by atoms with Gasteiger partial charge in [0.05, 0.1) is 24.7 Å². The lowest BCUT2D eigenvalue weighted by atomic mass is 9.89. The first-order valence-corrected chi connectivity index (χ1v) is 11.7. The largest absolute Gasteiger partial charge is 0.491 e. The van der Waals surface area contributed by atoms with Gasteiger partial charge in [0.25, 0.3) is 0 Å². The van der Waals surface area contributed by atoms with Crippen LogP contribution in [-0.2, 0) is 9.53 Å². The summed E-state index contributed by atoms with van der Waals surface area (Å²) in [6.07, 6.45) is 8.77. The van der Waals surface area contributed by atoms with Crippen molar-refractivity contribution >= 4 is 5.97 Å². The molecule has 1 heterocycles. The van der Waals surface area contributed by atoms with Gasteiger partial charge in [0, 0.05) is 12.3 Å². The van der Waals surface area contributed by atoms with Gasteiger partial charge < -0.3 is 24.8 Å². The van der Waals surface area contributed by atoms with Gasteiger partial charge in [0.15, 0.2) is 0 Å². The molecule has 1 unspecified atom stereocenters. The Bertz CT molecular complexity index is 774. The normalized spacial score (nSPS) is 27.4. The van der Waals surface area contributed by atoms with Crippen molar-refractivity contribution in [3.63, 3.8) is 0 Å². The summed E-state index contributed by atoms with van der Waals surface area (Å²) in [5.41, 5.74) is 1.15. The number of carbonyl (C=O) groups is 1. The van der Waals surface area contributed by atoms with Gasteiger partial charge >= 0.3 is 5.97 Å². The first-order chi connectivity index (χ1) is 15.5. The maximum Gasteiger partial charge on any atom is 0.306 e. The predicted octanol–water partition coefficient (Wildman–Crippen LogP) is 3.98. The van der Waals surface area contributed by atoms with Gasteiger partial charge in [0.1, 0.15) is 18.5 Å². The lowest BCUT2D eigenvalue weighted by molar-refractivity contribution is -0.142. The van der Waals surface area contributed by atoms with E-state index in [1.54, 1.807) is 6.08 Å². The summed E-state index contributed by atoms with van der Waals surface area (Å²) in [6.45, 7) is 2.66. The molecule has 6 atom stereocenters. The molecule has 0 radical (unpaired) electrons. The molecule has 0 bridgehead atoms. The number of ether oxygens (including phenoxy) is 2. The Hall–Kier alpha value is -2.15. The van der Waals surface area contributed by atoms with Crippen molar-refractivity contribution < 1.29 is 29.6 Å². The van der Waals surface area contributed by atoms with Gasteiger partial charge in [-0.1, -0.05) is 49.8 Å². The molecular weight excluding hydrogens is 408 g/mol. The molecular formula is C26H36O6. The summed E-state index contributed by atoms with van der Waals surface area (Å²) in [5.74, 6) is -0.261. The molecule has 1 fully saturated rings. The van der Waals surface area contributed by atoms with Gasteiger partial charge in [-0.15, -0.1) is 0 Å². The van der Waals surface area contributed by atoms with Crippen LogP contribution in [0.4, 0.5) is 0 Å². The van der Waals surface area contributed by atoms with Crippen LogP contribution in [0.5, 0.6) is 5.75 Å². The number of carboxylic acids is 1. The third kappa shape index (κ3) is 6.92. The van der Waals surface area contributed by atoms with Crippen molar-refractivity contribution in [1.29, 1.82) is 0 Å². The number of aliphatic hydroxyl groups excluding tert-OH is 2. The number of para-hydroxylation sites is 1. The maximum atomic E-state index is 11.4. The minimum absolute atomic E-state index is 0.0305. The van der Waals surface area contributed by atoms with Gasteiger partial charge in [0.2, 0.25) is 0 Å². The molecule has 0 spiro atoms. The zero-order chi connectivity index (χ0) is 22.9. The predicted molar refractivity (Wildman–Crippen MR) is 122 cm³/mol. The van der Waals surface area contributed by atoms with Gasteiger partial charge in [-0.2, -0.15) is 0 Å². The van der Waals surface area contributed by atoms with Gasteiger partial charge in [-0.25, -0.2) is 0 Å². The second-order valence-corrected chi connectivity index (χ2v) is 8.93. The fraction of sp³-hybridized carbons (Fsp3) is 0.577. The van der Waals surface area contributed by atoms with Crippen LogP contribution in [0, 0.1) is 17.8 Å². The van der Waals surface area contributed by atoms with Crippen LogP contribution in [0.15, 0.2) is 54.1 Å². The Kier molecular flexibility index (Phi) is 9.33. The Morgan fingerprint density at radius 3 is 2.78 bits per heavy atom. The first-order valence-electron chi connectivity index (χ1n) is 11.7. The average Bonchev–Trinajstić information content (AvgIpc) is 2.95. The summed E-state index contributed by atoms with van der Waals surface area (Å²) in [4.78, 5) is 11.4. The SMILES string of the molecule is CCCC(CCC1=CC[C@@H]2[C@@H](/C=C/[C@@H](O)COc3ccccc3)[C@H](O)C[C@H]2OC1)C(=O)O. The van der Waals surface area contributed by atoms with Crippen molar-refractivity contribution in [2.45, 2.75) is 63.8 Å². The van der Waals surface area contributed by atoms with E-state index in [2.05, 4.69) is 6.08 Å². The standard InChI is InChI=1S/C26H36O6/c1-2-6-19(26(29)30)11-9-18-10-13-23-22(24(28)15-25(23)32-16-18)14-12-20(27)17-31-21-7-4-3-5-8-21/h3-5,7-8,10,12,14,19-20,22-25,27-28H,2,6,9,11,13,15-17H2,1H3,(H,29,30)/b14-12+/t19?,20-,22-,23-,24-,25-/m1/s1. The van der Waals surface area contributed by atoms with Crippen LogP contribution in [0.25, 0.3) is 0 Å². The van der Waals surface area contributed by atoms with E-state index in [-0.39, 0.29) is 30.5 Å². The highest BCUT2D eigenvalue weighted by Crippen LogP contribution is 2.40. The highest BCUT2D eigenvalue weighted by Gasteiger charge is 2.42. The lowest BCUT2D eigenvalue weighted by Gasteiger charge is -2.20. The van der Waals surface area contributed by atoms with E-state index in [0.29, 0.717) is 31.6 Å². The summed E-state index contributed by atoms with van der Waals surface area (Å²) in [7, 11) is 0. The summed E-state index contributed by atoms with van der Waals surface area (Å²) >= 11 is 0. The third-order valence-electron chi connectivity index (χ3n) is 6.57. The summed E-state index contributed by atoms with van der Waals surface area (Å²) in [6, 6.07) is 9.36. The Morgan fingerprint density at radius 2 is 2.06 bits per heavy atom.